The monoisotopic (exact) mass is 261 g/mol. The molecule has 1 aliphatic rings. The molecule has 0 saturated heterocycles. The van der Waals surface area contributed by atoms with Gasteiger partial charge in [0.2, 0.25) is 5.89 Å². The first-order valence-corrected chi connectivity index (χ1v) is 6.21. The number of aromatic nitrogens is 2. The Hall–Kier alpha value is -1.92. The van der Waals surface area contributed by atoms with E-state index in [9.17, 15) is 0 Å². The van der Waals surface area contributed by atoms with E-state index in [4.69, 9.17) is 20.1 Å². The molecule has 3 rings (SSSR count). The minimum absolute atomic E-state index is 0.0494. The molecule has 0 bridgehead atoms. The Morgan fingerprint density at radius 2 is 2.26 bits per heavy atom. The van der Waals surface area contributed by atoms with Crippen LogP contribution in [0.2, 0.25) is 0 Å². The fourth-order valence-electron chi connectivity index (χ4n) is 2.23. The second kappa shape index (κ2) is 4.99. The predicted octanol–water partition coefficient (Wildman–Crippen LogP) is 0.976. The fourth-order valence-corrected chi connectivity index (χ4v) is 2.23. The van der Waals surface area contributed by atoms with E-state index >= 15 is 0 Å². The molecule has 0 amide bonds. The highest BCUT2D eigenvalue weighted by atomic mass is 16.5. The lowest BCUT2D eigenvalue weighted by molar-refractivity contribution is 0.236. The Morgan fingerprint density at radius 1 is 1.42 bits per heavy atom. The molecule has 0 spiro atoms. The van der Waals surface area contributed by atoms with Crippen LogP contribution >= 0.6 is 0 Å². The summed E-state index contributed by atoms with van der Waals surface area (Å²) in [7, 11) is 0. The zero-order valence-electron chi connectivity index (χ0n) is 10.3. The summed E-state index contributed by atoms with van der Waals surface area (Å²) in [6.07, 6.45) is 0.796. The van der Waals surface area contributed by atoms with Crippen LogP contribution in [-0.2, 0) is 0 Å². The van der Waals surface area contributed by atoms with Crippen LogP contribution in [0.5, 0.6) is 5.75 Å². The van der Waals surface area contributed by atoms with Crippen molar-refractivity contribution in [2.45, 2.75) is 18.4 Å². The number of fused-ring (bicyclic) bond motifs is 1. The molecule has 3 N–H and O–H groups in total. The smallest absolute Gasteiger partial charge is 0.245 e. The van der Waals surface area contributed by atoms with Gasteiger partial charge in [0.15, 0.2) is 5.82 Å². The summed E-state index contributed by atoms with van der Waals surface area (Å²) in [5, 5.41) is 13.0. The molecule has 2 aromatic rings. The van der Waals surface area contributed by atoms with E-state index in [0.29, 0.717) is 12.4 Å². The summed E-state index contributed by atoms with van der Waals surface area (Å²) in [5.41, 5.74) is 6.72. The fraction of sp³-hybridized carbons (Fsp3) is 0.385. The molecule has 1 aromatic heterocycles. The standard InChI is InChI=1S/C13H15N3O3/c14-10(7-17)13-15-12(16-19-13)9-5-6-18-11-4-2-1-3-8(9)11/h1-4,9-10,17H,5-7,14H2. The molecule has 0 aliphatic carbocycles. The number of para-hydroxylation sites is 1. The first kappa shape index (κ1) is 12.1. The average molecular weight is 261 g/mol. The van der Waals surface area contributed by atoms with Gasteiger partial charge in [-0.3, -0.25) is 0 Å². The largest absolute Gasteiger partial charge is 0.493 e. The molecular formula is C13H15N3O3. The molecule has 1 aromatic carbocycles. The summed E-state index contributed by atoms with van der Waals surface area (Å²) in [6.45, 7) is 0.406. The maximum absolute atomic E-state index is 8.99. The molecule has 0 radical (unpaired) electrons. The van der Waals surface area contributed by atoms with Gasteiger partial charge >= 0.3 is 0 Å². The first-order valence-electron chi connectivity index (χ1n) is 6.21. The van der Waals surface area contributed by atoms with E-state index in [-0.39, 0.29) is 18.4 Å². The minimum atomic E-state index is -0.628. The molecule has 2 atom stereocenters. The molecule has 6 nitrogen and oxygen atoms in total. The minimum Gasteiger partial charge on any atom is -0.493 e. The van der Waals surface area contributed by atoms with Crippen molar-refractivity contribution in [1.29, 1.82) is 0 Å². The van der Waals surface area contributed by atoms with Crippen molar-refractivity contribution in [3.05, 3.63) is 41.5 Å². The number of hydrogen-bond donors (Lipinski definition) is 2. The second-order valence-corrected chi connectivity index (χ2v) is 4.51. The van der Waals surface area contributed by atoms with Gasteiger partial charge in [0, 0.05) is 5.56 Å². The lowest BCUT2D eigenvalue weighted by atomic mass is 9.92. The van der Waals surface area contributed by atoms with Gasteiger partial charge in [0.25, 0.3) is 0 Å². The maximum atomic E-state index is 8.99. The Morgan fingerprint density at radius 3 is 3.11 bits per heavy atom. The van der Waals surface area contributed by atoms with Crippen molar-refractivity contribution in [3.63, 3.8) is 0 Å². The summed E-state index contributed by atoms with van der Waals surface area (Å²) >= 11 is 0. The van der Waals surface area contributed by atoms with Crippen molar-refractivity contribution in [1.82, 2.24) is 10.1 Å². The number of rotatable bonds is 3. The number of hydrogen-bond acceptors (Lipinski definition) is 6. The van der Waals surface area contributed by atoms with Crippen LogP contribution in [0.1, 0.15) is 35.7 Å². The van der Waals surface area contributed by atoms with Gasteiger partial charge in [-0.05, 0) is 12.5 Å². The SMILES string of the molecule is NC(CO)c1nc(C2CCOc3ccccc32)no1. The van der Waals surface area contributed by atoms with E-state index < -0.39 is 6.04 Å². The van der Waals surface area contributed by atoms with Gasteiger partial charge in [-0.25, -0.2) is 0 Å². The number of aliphatic hydroxyl groups excluding tert-OH is 1. The molecule has 1 aliphatic heterocycles. The Kier molecular flexibility index (Phi) is 3.18. The highest BCUT2D eigenvalue weighted by Gasteiger charge is 2.27. The van der Waals surface area contributed by atoms with Gasteiger partial charge in [0.1, 0.15) is 11.8 Å². The van der Waals surface area contributed by atoms with E-state index in [1.165, 1.54) is 0 Å². The zero-order valence-corrected chi connectivity index (χ0v) is 10.3. The Bertz CT molecular complexity index is 570. The molecule has 2 heterocycles. The number of benzene rings is 1. The topological polar surface area (TPSA) is 94.4 Å². The van der Waals surface area contributed by atoms with Gasteiger partial charge < -0.3 is 20.1 Å². The maximum Gasteiger partial charge on any atom is 0.245 e. The summed E-state index contributed by atoms with van der Waals surface area (Å²) in [4.78, 5) is 4.29. The van der Waals surface area contributed by atoms with Crippen LogP contribution in [0.3, 0.4) is 0 Å². The van der Waals surface area contributed by atoms with Crippen molar-refractivity contribution in [2.24, 2.45) is 5.73 Å². The van der Waals surface area contributed by atoms with Crippen LogP contribution in [0.4, 0.5) is 0 Å². The summed E-state index contributed by atoms with van der Waals surface area (Å²) in [6, 6.07) is 7.20. The van der Waals surface area contributed by atoms with Gasteiger partial charge in [-0.2, -0.15) is 4.98 Å². The third-order valence-corrected chi connectivity index (χ3v) is 3.24. The third-order valence-electron chi connectivity index (χ3n) is 3.24. The molecule has 2 unspecified atom stereocenters. The number of nitrogens with zero attached hydrogens (tertiary/aromatic N) is 2. The first-order chi connectivity index (χ1) is 9.29. The van der Waals surface area contributed by atoms with Crippen molar-refractivity contribution in [3.8, 4) is 5.75 Å². The molecule has 100 valence electrons. The van der Waals surface area contributed by atoms with E-state index in [2.05, 4.69) is 10.1 Å². The molecule has 6 heteroatoms. The molecular weight excluding hydrogens is 246 g/mol. The third kappa shape index (κ3) is 2.20. The van der Waals surface area contributed by atoms with E-state index in [1.807, 2.05) is 24.3 Å². The molecule has 19 heavy (non-hydrogen) atoms. The normalized spacial score (nSPS) is 19.6. The lowest BCUT2D eigenvalue weighted by Gasteiger charge is -2.23. The van der Waals surface area contributed by atoms with Crippen molar-refractivity contribution < 1.29 is 14.4 Å². The van der Waals surface area contributed by atoms with Crippen LogP contribution in [0.25, 0.3) is 0 Å². The van der Waals surface area contributed by atoms with Gasteiger partial charge in [-0.1, -0.05) is 23.4 Å². The van der Waals surface area contributed by atoms with Crippen molar-refractivity contribution >= 4 is 0 Å². The lowest BCUT2D eigenvalue weighted by Crippen LogP contribution is -2.17. The summed E-state index contributed by atoms with van der Waals surface area (Å²) in [5.74, 6) is 1.76. The van der Waals surface area contributed by atoms with Crippen molar-refractivity contribution in [2.75, 3.05) is 13.2 Å². The van der Waals surface area contributed by atoms with E-state index in [1.54, 1.807) is 0 Å². The van der Waals surface area contributed by atoms with Gasteiger partial charge in [0.05, 0.1) is 19.1 Å². The Balaban J connectivity index is 1.93. The number of aliphatic hydroxyl groups is 1. The van der Waals surface area contributed by atoms with Crippen LogP contribution in [0, 0.1) is 0 Å². The second-order valence-electron chi connectivity index (χ2n) is 4.51. The quantitative estimate of drug-likeness (QED) is 0.855. The van der Waals surface area contributed by atoms with Crippen LogP contribution < -0.4 is 10.5 Å². The highest BCUT2D eigenvalue weighted by Crippen LogP contribution is 2.36. The predicted molar refractivity (Wildman–Crippen MR) is 66.7 cm³/mol. The molecule has 0 fully saturated rings. The zero-order chi connectivity index (χ0) is 13.2. The number of ether oxygens (including phenoxy) is 1. The Labute approximate surface area is 110 Å². The van der Waals surface area contributed by atoms with Crippen LogP contribution in [-0.4, -0.2) is 28.5 Å². The van der Waals surface area contributed by atoms with E-state index in [0.717, 1.165) is 17.7 Å². The highest BCUT2D eigenvalue weighted by molar-refractivity contribution is 5.40. The summed E-state index contributed by atoms with van der Waals surface area (Å²) < 4.78 is 10.7. The molecule has 0 saturated carbocycles. The average Bonchev–Trinajstić information content (AvgIpc) is 2.95. The number of nitrogens with two attached hydrogens (primary N) is 1. The van der Waals surface area contributed by atoms with Gasteiger partial charge in [-0.15, -0.1) is 0 Å². The van der Waals surface area contributed by atoms with Crippen LogP contribution in [0.15, 0.2) is 28.8 Å².